The second-order valence-electron chi connectivity index (χ2n) is 4.27. The highest BCUT2D eigenvalue weighted by atomic mass is 35.5. The zero-order valence-electron chi connectivity index (χ0n) is 11.7. The predicted molar refractivity (Wildman–Crippen MR) is 92.7 cm³/mol. The molecule has 0 bridgehead atoms. The van der Waals surface area contributed by atoms with Gasteiger partial charge in [0.25, 0.3) is 5.91 Å². The molecule has 2 aromatic rings. The van der Waals surface area contributed by atoms with Crippen LogP contribution in [-0.2, 0) is 6.54 Å². The molecule has 1 heterocycles. The molecule has 0 saturated carbocycles. The lowest BCUT2D eigenvalue weighted by Gasteiger charge is -2.06. The quantitative estimate of drug-likeness (QED) is 0.726. The van der Waals surface area contributed by atoms with Crippen molar-refractivity contribution in [2.24, 2.45) is 0 Å². The highest BCUT2D eigenvalue weighted by Crippen LogP contribution is 2.41. The van der Waals surface area contributed by atoms with Crippen LogP contribution in [-0.4, -0.2) is 19.2 Å². The van der Waals surface area contributed by atoms with Crippen molar-refractivity contribution in [1.29, 1.82) is 0 Å². The van der Waals surface area contributed by atoms with Gasteiger partial charge >= 0.3 is 0 Å². The molecule has 21 heavy (non-hydrogen) atoms. The molecule has 1 aromatic carbocycles. The molecule has 0 aliphatic heterocycles. The molecule has 7 heteroatoms. The van der Waals surface area contributed by atoms with Gasteiger partial charge in [-0.05, 0) is 24.0 Å². The van der Waals surface area contributed by atoms with Gasteiger partial charge in [0.1, 0.15) is 9.88 Å². The minimum Gasteiger partial charge on any atom is -0.396 e. The number of nitrogen functional groups attached to an aromatic ring is 1. The van der Waals surface area contributed by atoms with Crippen molar-refractivity contribution >= 4 is 51.3 Å². The highest BCUT2D eigenvalue weighted by molar-refractivity contribution is 7.99. The van der Waals surface area contributed by atoms with Gasteiger partial charge in [-0.1, -0.05) is 23.7 Å². The minimum absolute atomic E-state index is 0.160. The summed E-state index contributed by atoms with van der Waals surface area (Å²) in [4.78, 5) is 13.2. The summed E-state index contributed by atoms with van der Waals surface area (Å²) in [6, 6.07) is 7.63. The van der Waals surface area contributed by atoms with Gasteiger partial charge in [-0.15, -0.1) is 23.1 Å². The summed E-state index contributed by atoms with van der Waals surface area (Å²) in [6.45, 7) is 0.651. The number of amides is 1. The standard InChI is InChI=1S/C14H16ClN3OS2/c1-17-13(19)11-10(16)12(20-2)14(21-11)18-7-8-3-5-9(15)6-4-8/h3-6,18H,7,16H2,1-2H3,(H,17,19). The van der Waals surface area contributed by atoms with E-state index in [0.717, 1.165) is 15.5 Å². The molecule has 0 radical (unpaired) electrons. The summed E-state index contributed by atoms with van der Waals surface area (Å²) in [7, 11) is 1.60. The third-order valence-electron chi connectivity index (χ3n) is 2.90. The average molecular weight is 342 g/mol. The Kier molecular flexibility index (Phi) is 5.39. The number of anilines is 2. The van der Waals surface area contributed by atoms with Gasteiger partial charge in [0.2, 0.25) is 0 Å². The van der Waals surface area contributed by atoms with Crippen LogP contribution in [0.4, 0.5) is 10.7 Å². The Hall–Kier alpha value is -1.37. The maximum atomic E-state index is 11.8. The van der Waals surface area contributed by atoms with E-state index in [1.165, 1.54) is 23.1 Å². The number of carbonyl (C=O) groups excluding carboxylic acids is 1. The molecule has 0 spiro atoms. The number of nitrogens with one attached hydrogen (secondary N) is 2. The Morgan fingerprint density at radius 2 is 2.05 bits per heavy atom. The topological polar surface area (TPSA) is 67.2 Å². The number of carbonyl (C=O) groups is 1. The van der Waals surface area contributed by atoms with E-state index in [1.54, 1.807) is 7.05 Å². The summed E-state index contributed by atoms with van der Waals surface area (Å²) >= 11 is 8.77. The van der Waals surface area contributed by atoms with Crippen LogP contribution in [0.15, 0.2) is 29.2 Å². The average Bonchev–Trinajstić information content (AvgIpc) is 2.82. The highest BCUT2D eigenvalue weighted by Gasteiger charge is 2.19. The number of thioether (sulfide) groups is 1. The van der Waals surface area contributed by atoms with Crippen molar-refractivity contribution < 1.29 is 4.79 Å². The number of nitrogens with two attached hydrogens (primary N) is 1. The molecule has 0 aliphatic rings. The first-order valence-corrected chi connectivity index (χ1v) is 8.65. The Labute approximate surface area is 137 Å². The van der Waals surface area contributed by atoms with Gasteiger partial charge in [0.15, 0.2) is 0 Å². The van der Waals surface area contributed by atoms with Crippen LogP contribution in [0.3, 0.4) is 0 Å². The first-order valence-electron chi connectivity index (χ1n) is 6.23. The molecule has 112 valence electrons. The molecule has 0 unspecified atom stereocenters. The normalized spacial score (nSPS) is 10.4. The molecule has 0 atom stereocenters. The molecule has 0 saturated heterocycles. The fraction of sp³-hybridized carbons (Fsp3) is 0.214. The second kappa shape index (κ2) is 7.06. The van der Waals surface area contributed by atoms with E-state index < -0.39 is 0 Å². The van der Waals surface area contributed by atoms with Gasteiger partial charge < -0.3 is 16.4 Å². The Bertz CT molecular complexity index is 640. The van der Waals surface area contributed by atoms with Crippen molar-refractivity contribution in [3.63, 3.8) is 0 Å². The number of hydrogen-bond donors (Lipinski definition) is 3. The molecule has 2 rings (SSSR count). The van der Waals surface area contributed by atoms with Crippen LogP contribution in [0.25, 0.3) is 0 Å². The maximum Gasteiger partial charge on any atom is 0.263 e. The van der Waals surface area contributed by atoms with Crippen molar-refractivity contribution in [3.05, 3.63) is 39.7 Å². The van der Waals surface area contributed by atoms with Crippen LogP contribution in [0.1, 0.15) is 15.2 Å². The Morgan fingerprint density at radius 1 is 1.38 bits per heavy atom. The van der Waals surface area contributed by atoms with Crippen LogP contribution in [0, 0.1) is 0 Å². The largest absolute Gasteiger partial charge is 0.396 e. The molecule has 4 nitrogen and oxygen atoms in total. The molecule has 1 amide bonds. The van der Waals surface area contributed by atoms with Crippen LogP contribution in [0.2, 0.25) is 5.02 Å². The lowest BCUT2D eigenvalue weighted by atomic mass is 10.2. The Balaban J connectivity index is 2.19. The van der Waals surface area contributed by atoms with Crippen LogP contribution < -0.4 is 16.4 Å². The van der Waals surface area contributed by atoms with E-state index in [0.29, 0.717) is 22.1 Å². The molecule has 0 fully saturated rings. The van der Waals surface area contributed by atoms with E-state index in [9.17, 15) is 4.79 Å². The zero-order chi connectivity index (χ0) is 15.4. The number of halogens is 1. The van der Waals surface area contributed by atoms with Crippen molar-refractivity contribution in [3.8, 4) is 0 Å². The van der Waals surface area contributed by atoms with Crippen molar-refractivity contribution in [1.82, 2.24) is 5.32 Å². The summed E-state index contributed by atoms with van der Waals surface area (Å²) in [5.74, 6) is -0.160. The van der Waals surface area contributed by atoms with E-state index in [-0.39, 0.29) is 5.91 Å². The summed E-state index contributed by atoms with van der Waals surface area (Å²) in [6.07, 6.45) is 1.94. The molecule has 1 aromatic heterocycles. The first-order chi connectivity index (χ1) is 10.1. The number of rotatable bonds is 5. The fourth-order valence-electron chi connectivity index (χ4n) is 1.81. The zero-order valence-corrected chi connectivity index (χ0v) is 14.1. The van der Waals surface area contributed by atoms with Crippen LogP contribution >= 0.6 is 34.7 Å². The van der Waals surface area contributed by atoms with Gasteiger partial charge in [-0.25, -0.2) is 0 Å². The van der Waals surface area contributed by atoms with Gasteiger partial charge in [0, 0.05) is 18.6 Å². The van der Waals surface area contributed by atoms with E-state index in [4.69, 9.17) is 17.3 Å². The first kappa shape index (κ1) is 16.0. The Morgan fingerprint density at radius 3 is 2.62 bits per heavy atom. The van der Waals surface area contributed by atoms with Crippen LogP contribution in [0.5, 0.6) is 0 Å². The molecular weight excluding hydrogens is 326 g/mol. The van der Waals surface area contributed by atoms with E-state index in [2.05, 4.69) is 10.6 Å². The number of hydrogen-bond acceptors (Lipinski definition) is 5. The third-order valence-corrected chi connectivity index (χ3v) is 5.28. The molecule has 0 aliphatic carbocycles. The SMILES string of the molecule is CNC(=O)c1sc(NCc2ccc(Cl)cc2)c(SC)c1N. The van der Waals surface area contributed by atoms with Gasteiger partial charge in [-0.3, -0.25) is 4.79 Å². The van der Waals surface area contributed by atoms with Crippen molar-refractivity contribution in [2.75, 3.05) is 24.4 Å². The van der Waals surface area contributed by atoms with Gasteiger partial charge in [0.05, 0.1) is 10.6 Å². The molecular formula is C14H16ClN3OS2. The number of benzene rings is 1. The summed E-state index contributed by atoms with van der Waals surface area (Å²) < 4.78 is 0. The lowest BCUT2D eigenvalue weighted by molar-refractivity contribution is 0.0968. The smallest absolute Gasteiger partial charge is 0.263 e. The van der Waals surface area contributed by atoms with Crippen molar-refractivity contribution in [2.45, 2.75) is 11.4 Å². The summed E-state index contributed by atoms with van der Waals surface area (Å²) in [5, 5.41) is 7.57. The second-order valence-corrected chi connectivity index (χ2v) is 6.54. The monoisotopic (exact) mass is 341 g/mol. The predicted octanol–water partition coefficient (Wildman–Crippen LogP) is 3.68. The minimum atomic E-state index is -0.160. The fourth-order valence-corrected chi connectivity index (χ4v) is 3.92. The maximum absolute atomic E-state index is 11.8. The number of thiophene rings is 1. The molecule has 4 N–H and O–H groups in total. The van der Waals surface area contributed by atoms with E-state index >= 15 is 0 Å². The van der Waals surface area contributed by atoms with Gasteiger partial charge in [-0.2, -0.15) is 0 Å². The summed E-state index contributed by atoms with van der Waals surface area (Å²) in [5.41, 5.74) is 7.70. The third kappa shape index (κ3) is 3.64. The lowest BCUT2D eigenvalue weighted by Crippen LogP contribution is -2.17. The van der Waals surface area contributed by atoms with E-state index in [1.807, 2.05) is 30.5 Å².